The molecule has 1 heterocycles. The highest BCUT2D eigenvalue weighted by Crippen LogP contribution is 2.47. The lowest BCUT2D eigenvalue weighted by Crippen LogP contribution is -2.44. The third-order valence-corrected chi connectivity index (χ3v) is 3.93. The Morgan fingerprint density at radius 1 is 1.09 bits per heavy atom. The molecule has 1 atom stereocenters. The number of oxime groups is 1. The SMILES string of the molecule is FC(F)(F)C1(c2cccc(Cl)c2)ON=C(c2ccc(Br)cc2)O1. The maximum atomic E-state index is 13.6. The van der Waals surface area contributed by atoms with Crippen molar-refractivity contribution in [2.75, 3.05) is 0 Å². The van der Waals surface area contributed by atoms with Crippen LogP contribution in [-0.4, -0.2) is 12.1 Å². The average molecular weight is 407 g/mol. The molecule has 0 saturated heterocycles. The van der Waals surface area contributed by atoms with Crippen LogP contribution in [-0.2, 0) is 15.4 Å². The predicted octanol–water partition coefficient (Wildman–Crippen LogP) is 5.23. The zero-order chi connectivity index (χ0) is 16.7. The second-order valence-corrected chi connectivity index (χ2v) is 6.07. The molecule has 2 aromatic rings. The molecule has 0 radical (unpaired) electrons. The Kier molecular flexibility index (Phi) is 4.01. The minimum Gasteiger partial charge on any atom is -0.419 e. The molecule has 1 aliphatic heterocycles. The largest absolute Gasteiger partial charge is 0.475 e. The van der Waals surface area contributed by atoms with Gasteiger partial charge >= 0.3 is 12.0 Å². The van der Waals surface area contributed by atoms with Crippen LogP contribution in [0.3, 0.4) is 0 Å². The molecule has 0 fully saturated rings. The van der Waals surface area contributed by atoms with E-state index in [2.05, 4.69) is 21.1 Å². The van der Waals surface area contributed by atoms with Crippen LogP contribution in [0, 0.1) is 0 Å². The van der Waals surface area contributed by atoms with Crippen LogP contribution in [0.1, 0.15) is 11.1 Å². The minimum absolute atomic E-state index is 0.135. The van der Waals surface area contributed by atoms with Crippen molar-refractivity contribution in [2.45, 2.75) is 12.0 Å². The topological polar surface area (TPSA) is 30.8 Å². The van der Waals surface area contributed by atoms with E-state index in [0.717, 1.165) is 10.5 Å². The van der Waals surface area contributed by atoms with Gasteiger partial charge in [-0.3, -0.25) is 0 Å². The average Bonchev–Trinajstić information content (AvgIpc) is 2.94. The van der Waals surface area contributed by atoms with Gasteiger partial charge in [0.2, 0.25) is 0 Å². The van der Waals surface area contributed by atoms with E-state index < -0.39 is 12.0 Å². The van der Waals surface area contributed by atoms with E-state index in [0.29, 0.717) is 5.56 Å². The van der Waals surface area contributed by atoms with Crippen molar-refractivity contribution in [3.05, 3.63) is 69.2 Å². The number of ether oxygens (including phenoxy) is 1. The summed E-state index contributed by atoms with van der Waals surface area (Å²) in [6.07, 6.45) is -4.85. The second-order valence-electron chi connectivity index (χ2n) is 4.72. The summed E-state index contributed by atoms with van der Waals surface area (Å²) in [6.45, 7) is 0. The molecular weight excluding hydrogens is 399 g/mol. The minimum atomic E-state index is -4.85. The summed E-state index contributed by atoms with van der Waals surface area (Å²) in [7, 11) is 0. The number of alkyl halides is 3. The van der Waals surface area contributed by atoms with Crippen molar-refractivity contribution in [2.24, 2.45) is 5.16 Å². The maximum Gasteiger partial charge on any atom is 0.475 e. The van der Waals surface area contributed by atoms with Gasteiger partial charge in [-0.15, -0.1) is 0 Å². The molecule has 23 heavy (non-hydrogen) atoms. The Balaban J connectivity index is 2.00. The summed E-state index contributed by atoms with van der Waals surface area (Å²) in [5, 5.41) is 3.61. The Morgan fingerprint density at radius 2 is 1.78 bits per heavy atom. The standard InChI is InChI=1S/C15H8BrClF3NO2/c16-11-6-4-9(5-7-11)13-21-23-14(22-13,15(18,19)20)10-2-1-3-12(17)8-10/h1-8H. The molecule has 0 amide bonds. The molecule has 8 heteroatoms. The van der Waals surface area contributed by atoms with Gasteiger partial charge in [-0.05, 0) is 41.6 Å². The van der Waals surface area contributed by atoms with Gasteiger partial charge in [0.1, 0.15) is 0 Å². The molecule has 0 aromatic heterocycles. The van der Waals surface area contributed by atoms with Crippen LogP contribution in [0.25, 0.3) is 0 Å². The zero-order valence-electron chi connectivity index (χ0n) is 11.3. The number of rotatable bonds is 2. The zero-order valence-corrected chi connectivity index (χ0v) is 13.6. The fourth-order valence-electron chi connectivity index (χ4n) is 2.06. The van der Waals surface area contributed by atoms with Gasteiger partial charge in [-0.2, -0.15) is 13.2 Å². The van der Waals surface area contributed by atoms with Crippen LogP contribution in [0.4, 0.5) is 13.2 Å². The fourth-order valence-corrected chi connectivity index (χ4v) is 2.52. The van der Waals surface area contributed by atoms with Gasteiger partial charge in [0.05, 0.1) is 0 Å². The summed E-state index contributed by atoms with van der Waals surface area (Å²) in [4.78, 5) is 4.71. The molecular formula is C15H8BrClF3NO2. The van der Waals surface area contributed by atoms with E-state index in [1.54, 1.807) is 24.3 Å². The summed E-state index contributed by atoms with van der Waals surface area (Å²) >= 11 is 9.03. The van der Waals surface area contributed by atoms with Gasteiger partial charge < -0.3 is 9.57 Å². The number of halogens is 5. The van der Waals surface area contributed by atoms with Crippen molar-refractivity contribution in [1.82, 2.24) is 0 Å². The van der Waals surface area contributed by atoms with Gasteiger partial charge in [-0.25, -0.2) is 0 Å². The molecule has 1 aliphatic rings. The molecule has 1 unspecified atom stereocenters. The first-order chi connectivity index (χ1) is 10.8. The first-order valence-corrected chi connectivity index (χ1v) is 7.53. The quantitative estimate of drug-likeness (QED) is 0.684. The first-order valence-electron chi connectivity index (χ1n) is 6.36. The Morgan fingerprint density at radius 3 is 2.39 bits per heavy atom. The van der Waals surface area contributed by atoms with E-state index in [1.807, 2.05) is 0 Å². The second kappa shape index (κ2) is 5.72. The lowest BCUT2D eigenvalue weighted by atomic mass is 10.1. The van der Waals surface area contributed by atoms with Crippen molar-refractivity contribution in [1.29, 1.82) is 0 Å². The highest BCUT2D eigenvalue weighted by atomic mass is 79.9. The number of hydrogen-bond acceptors (Lipinski definition) is 3. The molecule has 120 valence electrons. The Labute approximate surface area is 142 Å². The predicted molar refractivity (Wildman–Crippen MR) is 82.0 cm³/mol. The van der Waals surface area contributed by atoms with E-state index in [-0.39, 0.29) is 16.5 Å². The van der Waals surface area contributed by atoms with Crippen LogP contribution in [0.2, 0.25) is 5.02 Å². The van der Waals surface area contributed by atoms with Crippen molar-refractivity contribution < 1.29 is 22.7 Å². The van der Waals surface area contributed by atoms with Crippen molar-refractivity contribution >= 4 is 33.4 Å². The van der Waals surface area contributed by atoms with Crippen LogP contribution >= 0.6 is 27.5 Å². The maximum absolute atomic E-state index is 13.6. The molecule has 0 bridgehead atoms. The van der Waals surface area contributed by atoms with Gasteiger partial charge in [-0.1, -0.05) is 39.7 Å². The highest BCUT2D eigenvalue weighted by molar-refractivity contribution is 9.10. The van der Waals surface area contributed by atoms with Gasteiger partial charge in [0.15, 0.2) is 0 Å². The molecule has 0 saturated carbocycles. The van der Waals surface area contributed by atoms with E-state index in [9.17, 15) is 13.2 Å². The fraction of sp³-hybridized carbons (Fsp3) is 0.133. The number of benzene rings is 2. The lowest BCUT2D eigenvalue weighted by Gasteiger charge is -2.28. The molecule has 3 nitrogen and oxygen atoms in total. The van der Waals surface area contributed by atoms with Gasteiger partial charge in [0, 0.05) is 20.6 Å². The monoisotopic (exact) mass is 405 g/mol. The first kappa shape index (κ1) is 16.1. The van der Waals surface area contributed by atoms with Gasteiger partial charge in [0.25, 0.3) is 5.90 Å². The molecule has 0 spiro atoms. The molecule has 0 aliphatic carbocycles. The van der Waals surface area contributed by atoms with E-state index in [1.165, 1.54) is 18.2 Å². The summed E-state index contributed by atoms with van der Waals surface area (Å²) < 4.78 is 46.7. The highest BCUT2D eigenvalue weighted by Gasteiger charge is 2.65. The third kappa shape index (κ3) is 2.90. The lowest BCUT2D eigenvalue weighted by molar-refractivity contribution is -0.352. The Hall–Kier alpha value is -1.73. The molecule has 2 aromatic carbocycles. The summed E-state index contributed by atoms with van der Waals surface area (Å²) in [6, 6.07) is 11.7. The smallest absolute Gasteiger partial charge is 0.419 e. The molecule has 0 N–H and O–H groups in total. The van der Waals surface area contributed by atoms with Crippen molar-refractivity contribution in [3.63, 3.8) is 0 Å². The van der Waals surface area contributed by atoms with E-state index >= 15 is 0 Å². The summed E-state index contributed by atoms with van der Waals surface area (Å²) in [5.41, 5.74) is 0.0784. The Bertz CT molecular complexity index is 764. The van der Waals surface area contributed by atoms with Crippen LogP contribution in [0.15, 0.2) is 58.2 Å². The number of hydrogen-bond donors (Lipinski definition) is 0. The summed E-state index contributed by atoms with van der Waals surface area (Å²) in [5.74, 6) is -3.27. The van der Waals surface area contributed by atoms with E-state index in [4.69, 9.17) is 21.2 Å². The molecule has 3 rings (SSSR count). The normalized spacial score (nSPS) is 20.7. The van der Waals surface area contributed by atoms with Crippen molar-refractivity contribution in [3.8, 4) is 0 Å². The number of nitrogens with zero attached hydrogens (tertiary/aromatic N) is 1. The van der Waals surface area contributed by atoms with Crippen LogP contribution < -0.4 is 0 Å². The van der Waals surface area contributed by atoms with Crippen LogP contribution in [0.5, 0.6) is 0 Å². The third-order valence-electron chi connectivity index (χ3n) is 3.17.